The van der Waals surface area contributed by atoms with E-state index < -0.39 is 10.2 Å². The summed E-state index contributed by atoms with van der Waals surface area (Å²) in [6.45, 7) is 2.22. The molecule has 2 aliphatic rings. The van der Waals surface area contributed by atoms with E-state index in [1.807, 2.05) is 7.05 Å². The fraction of sp³-hybridized carbons (Fsp3) is 1.00. The first-order valence-electron chi connectivity index (χ1n) is 8.54. The molecule has 124 valence electrons. The lowest BCUT2D eigenvalue weighted by atomic mass is 9.97. The van der Waals surface area contributed by atoms with Crippen molar-refractivity contribution in [1.29, 1.82) is 0 Å². The van der Waals surface area contributed by atoms with Crippen LogP contribution in [-0.2, 0) is 10.2 Å². The van der Waals surface area contributed by atoms with Crippen molar-refractivity contribution in [2.24, 2.45) is 5.92 Å². The van der Waals surface area contributed by atoms with Gasteiger partial charge in [-0.25, -0.2) is 0 Å². The molecule has 0 amide bonds. The number of piperidine rings is 1. The van der Waals surface area contributed by atoms with Gasteiger partial charge >= 0.3 is 0 Å². The molecule has 21 heavy (non-hydrogen) atoms. The van der Waals surface area contributed by atoms with Crippen LogP contribution in [0.4, 0.5) is 0 Å². The van der Waals surface area contributed by atoms with E-state index in [0.29, 0.717) is 19.0 Å². The first-order chi connectivity index (χ1) is 10.1. The molecule has 0 aromatic carbocycles. The van der Waals surface area contributed by atoms with Gasteiger partial charge < -0.3 is 5.32 Å². The molecule has 1 atom stereocenters. The highest BCUT2D eigenvalue weighted by Gasteiger charge is 2.30. The quantitative estimate of drug-likeness (QED) is 0.814. The summed E-state index contributed by atoms with van der Waals surface area (Å²) in [5.74, 6) is 0.442. The summed E-state index contributed by atoms with van der Waals surface area (Å²) in [5, 5.41) is 3.16. The van der Waals surface area contributed by atoms with E-state index in [2.05, 4.69) is 10.0 Å². The van der Waals surface area contributed by atoms with Crippen molar-refractivity contribution in [2.45, 2.75) is 63.8 Å². The van der Waals surface area contributed by atoms with Crippen LogP contribution in [0.1, 0.15) is 57.8 Å². The van der Waals surface area contributed by atoms with Crippen molar-refractivity contribution in [3.8, 4) is 0 Å². The molecule has 0 aromatic heterocycles. The molecule has 2 fully saturated rings. The first kappa shape index (κ1) is 17.2. The maximum absolute atomic E-state index is 12.6. The highest BCUT2D eigenvalue weighted by atomic mass is 32.2. The molecule has 5 nitrogen and oxygen atoms in total. The summed E-state index contributed by atoms with van der Waals surface area (Å²) in [6, 6.07) is 0.139. The second-order valence-corrected chi connectivity index (χ2v) is 8.29. The van der Waals surface area contributed by atoms with Crippen molar-refractivity contribution in [3.63, 3.8) is 0 Å². The Bertz CT molecular complexity index is 390. The van der Waals surface area contributed by atoms with Crippen LogP contribution in [0.25, 0.3) is 0 Å². The zero-order valence-electron chi connectivity index (χ0n) is 13.3. The van der Waals surface area contributed by atoms with E-state index >= 15 is 0 Å². The van der Waals surface area contributed by atoms with Crippen LogP contribution in [0.3, 0.4) is 0 Å². The molecule has 1 aliphatic heterocycles. The lowest BCUT2D eigenvalue weighted by Crippen LogP contribution is -2.50. The van der Waals surface area contributed by atoms with Crippen molar-refractivity contribution < 1.29 is 8.42 Å². The van der Waals surface area contributed by atoms with Crippen LogP contribution < -0.4 is 10.0 Å². The van der Waals surface area contributed by atoms with Crippen molar-refractivity contribution >= 4 is 10.2 Å². The topological polar surface area (TPSA) is 61.4 Å². The number of hydrogen-bond donors (Lipinski definition) is 2. The molecule has 1 heterocycles. The molecule has 1 unspecified atom stereocenters. The van der Waals surface area contributed by atoms with Crippen LogP contribution in [0.15, 0.2) is 0 Å². The van der Waals surface area contributed by atoms with Gasteiger partial charge in [-0.3, -0.25) is 0 Å². The summed E-state index contributed by atoms with van der Waals surface area (Å²) in [6.07, 6.45) is 10.2. The van der Waals surface area contributed by atoms with Crippen LogP contribution in [0.2, 0.25) is 0 Å². The minimum absolute atomic E-state index is 0.139. The third-order valence-corrected chi connectivity index (χ3v) is 6.38. The molecule has 1 saturated carbocycles. The van der Waals surface area contributed by atoms with Gasteiger partial charge in [-0.1, -0.05) is 32.1 Å². The van der Waals surface area contributed by atoms with Crippen LogP contribution in [0, 0.1) is 5.92 Å². The fourth-order valence-corrected chi connectivity index (χ4v) is 5.14. The van der Waals surface area contributed by atoms with Crippen molar-refractivity contribution in [2.75, 3.05) is 26.7 Å². The lowest BCUT2D eigenvalue weighted by molar-refractivity contribution is 0.258. The van der Waals surface area contributed by atoms with Gasteiger partial charge in [0.2, 0.25) is 0 Å². The van der Waals surface area contributed by atoms with Gasteiger partial charge in [-0.2, -0.15) is 17.4 Å². The average molecular weight is 317 g/mol. The number of nitrogens with one attached hydrogen (secondary N) is 2. The molecule has 2 N–H and O–H groups in total. The third-order valence-electron chi connectivity index (χ3n) is 4.74. The average Bonchev–Trinajstić information content (AvgIpc) is 2.42. The van der Waals surface area contributed by atoms with Gasteiger partial charge in [0, 0.05) is 19.1 Å². The zero-order valence-corrected chi connectivity index (χ0v) is 14.1. The lowest BCUT2D eigenvalue weighted by Gasteiger charge is -2.33. The van der Waals surface area contributed by atoms with E-state index in [9.17, 15) is 8.42 Å². The predicted molar refractivity (Wildman–Crippen MR) is 86.4 cm³/mol. The van der Waals surface area contributed by atoms with Crippen LogP contribution in [-0.4, -0.2) is 45.4 Å². The highest BCUT2D eigenvalue weighted by molar-refractivity contribution is 7.87. The molecule has 0 bridgehead atoms. The molecular formula is C15H31N3O2S. The van der Waals surface area contributed by atoms with E-state index in [1.165, 1.54) is 19.3 Å². The number of hydrogen-bond acceptors (Lipinski definition) is 3. The number of nitrogens with zero attached hydrogens (tertiary/aromatic N) is 1. The second-order valence-electron chi connectivity index (χ2n) is 6.59. The van der Waals surface area contributed by atoms with Crippen LogP contribution >= 0.6 is 0 Å². The Morgan fingerprint density at radius 3 is 2.33 bits per heavy atom. The maximum Gasteiger partial charge on any atom is 0.279 e. The summed E-state index contributed by atoms with van der Waals surface area (Å²) < 4.78 is 29.8. The summed E-state index contributed by atoms with van der Waals surface area (Å²) >= 11 is 0. The summed E-state index contributed by atoms with van der Waals surface area (Å²) in [5.41, 5.74) is 0. The number of rotatable bonds is 5. The van der Waals surface area contributed by atoms with Crippen LogP contribution in [0.5, 0.6) is 0 Å². The SMILES string of the molecule is CNCC1CCCN(S(=O)(=O)NC2CCCCCCC2)C1. The maximum atomic E-state index is 12.6. The summed E-state index contributed by atoms with van der Waals surface area (Å²) in [7, 11) is -1.38. The molecule has 0 radical (unpaired) electrons. The zero-order chi connectivity index (χ0) is 15.1. The van der Waals surface area contributed by atoms with E-state index in [-0.39, 0.29) is 6.04 Å². The standard InChI is InChI=1S/C15H31N3O2S/c1-16-12-14-8-7-11-18(13-14)21(19,20)17-15-9-5-3-2-4-6-10-15/h14-17H,2-13H2,1H3. The fourth-order valence-electron chi connectivity index (χ4n) is 3.56. The monoisotopic (exact) mass is 317 g/mol. The second kappa shape index (κ2) is 8.46. The Kier molecular flexibility index (Phi) is 6.92. The molecule has 0 aromatic rings. The van der Waals surface area contributed by atoms with E-state index in [0.717, 1.165) is 45.1 Å². The smallest absolute Gasteiger partial charge is 0.279 e. The molecule has 1 saturated heterocycles. The Morgan fingerprint density at radius 2 is 1.67 bits per heavy atom. The van der Waals surface area contributed by atoms with Crippen molar-refractivity contribution in [1.82, 2.24) is 14.3 Å². The van der Waals surface area contributed by atoms with Gasteiger partial charge in [-0.05, 0) is 45.2 Å². The third kappa shape index (κ3) is 5.51. The Labute approximate surface area is 130 Å². The van der Waals surface area contributed by atoms with E-state index in [4.69, 9.17) is 0 Å². The Hall–Kier alpha value is -0.170. The molecule has 0 spiro atoms. The highest BCUT2D eigenvalue weighted by Crippen LogP contribution is 2.21. The van der Waals surface area contributed by atoms with Crippen molar-refractivity contribution in [3.05, 3.63) is 0 Å². The molecule has 6 heteroatoms. The van der Waals surface area contributed by atoms with Gasteiger partial charge in [-0.15, -0.1) is 0 Å². The van der Waals surface area contributed by atoms with Gasteiger partial charge in [0.15, 0.2) is 0 Å². The predicted octanol–water partition coefficient (Wildman–Crippen LogP) is 1.87. The van der Waals surface area contributed by atoms with Gasteiger partial charge in [0.05, 0.1) is 0 Å². The van der Waals surface area contributed by atoms with E-state index in [1.54, 1.807) is 4.31 Å². The largest absolute Gasteiger partial charge is 0.319 e. The minimum atomic E-state index is -3.31. The Morgan fingerprint density at radius 1 is 1.00 bits per heavy atom. The summed E-state index contributed by atoms with van der Waals surface area (Å²) in [4.78, 5) is 0. The molecule has 2 rings (SSSR count). The Balaban J connectivity index is 1.90. The van der Waals surface area contributed by atoms with Gasteiger partial charge in [0.1, 0.15) is 0 Å². The minimum Gasteiger partial charge on any atom is -0.319 e. The normalized spacial score (nSPS) is 27.2. The molecule has 1 aliphatic carbocycles. The van der Waals surface area contributed by atoms with Gasteiger partial charge in [0.25, 0.3) is 10.2 Å². The molecular weight excluding hydrogens is 286 g/mol. The first-order valence-corrected chi connectivity index (χ1v) is 9.98.